The van der Waals surface area contributed by atoms with E-state index in [9.17, 15) is 0 Å². The number of hydrogen-bond acceptors (Lipinski definition) is 1. The van der Waals surface area contributed by atoms with Crippen molar-refractivity contribution in [1.82, 2.24) is 0 Å². The van der Waals surface area contributed by atoms with Crippen LogP contribution >= 0.6 is 15.9 Å². The largest absolute Gasteiger partial charge is 0.488 e. The highest BCUT2D eigenvalue weighted by atomic mass is 79.9. The zero-order chi connectivity index (χ0) is 13.0. The average Bonchev–Trinajstić information content (AvgIpc) is 2.26. The van der Waals surface area contributed by atoms with Gasteiger partial charge in [-0.25, -0.2) is 0 Å². The molecule has 0 aliphatic rings. The molecule has 94 valence electrons. The van der Waals surface area contributed by atoms with Crippen LogP contribution in [0.2, 0.25) is 0 Å². The fraction of sp³-hybridized carbons (Fsp3) is 0.467. The van der Waals surface area contributed by atoms with Crippen LogP contribution in [0.1, 0.15) is 50.7 Å². The van der Waals surface area contributed by atoms with Crippen molar-refractivity contribution in [3.63, 3.8) is 0 Å². The van der Waals surface area contributed by atoms with Crippen molar-refractivity contribution in [2.45, 2.75) is 39.5 Å². The number of benzene rings is 1. The molecule has 0 aliphatic carbocycles. The highest BCUT2D eigenvalue weighted by Gasteiger charge is 2.14. The van der Waals surface area contributed by atoms with Crippen LogP contribution < -0.4 is 4.74 Å². The van der Waals surface area contributed by atoms with E-state index in [4.69, 9.17) is 4.74 Å². The Hall–Kier alpha value is -0.760. The van der Waals surface area contributed by atoms with Gasteiger partial charge in [-0.3, -0.25) is 0 Å². The molecule has 1 aromatic rings. The summed E-state index contributed by atoms with van der Waals surface area (Å²) in [7, 11) is 0. The minimum Gasteiger partial charge on any atom is -0.488 e. The molecule has 1 aromatic carbocycles. The van der Waals surface area contributed by atoms with E-state index < -0.39 is 0 Å². The van der Waals surface area contributed by atoms with Gasteiger partial charge in [-0.1, -0.05) is 46.4 Å². The van der Waals surface area contributed by atoms with Gasteiger partial charge >= 0.3 is 0 Å². The third-order valence-corrected chi connectivity index (χ3v) is 3.32. The van der Waals surface area contributed by atoms with Crippen LogP contribution in [0.5, 0.6) is 5.75 Å². The Morgan fingerprint density at radius 2 is 1.88 bits per heavy atom. The highest BCUT2D eigenvalue weighted by Crippen LogP contribution is 2.37. The van der Waals surface area contributed by atoms with E-state index >= 15 is 0 Å². The quantitative estimate of drug-likeness (QED) is 0.673. The number of hydrogen-bond donors (Lipinski definition) is 0. The van der Waals surface area contributed by atoms with Crippen molar-refractivity contribution in [2.75, 3.05) is 6.61 Å². The van der Waals surface area contributed by atoms with Gasteiger partial charge in [-0.2, -0.15) is 0 Å². The first kappa shape index (κ1) is 14.3. The maximum atomic E-state index is 5.75. The Morgan fingerprint density at radius 1 is 1.24 bits per heavy atom. The molecule has 0 N–H and O–H groups in total. The van der Waals surface area contributed by atoms with Gasteiger partial charge in [0, 0.05) is 0 Å². The van der Waals surface area contributed by atoms with Crippen LogP contribution in [-0.4, -0.2) is 6.61 Å². The second-order valence-electron chi connectivity index (χ2n) is 4.83. The summed E-state index contributed by atoms with van der Waals surface area (Å²) in [6, 6.07) is 4.40. The van der Waals surface area contributed by atoms with Crippen LogP contribution in [0.15, 0.2) is 29.3 Å². The molecule has 0 saturated carbocycles. The molecule has 1 nitrogen and oxygen atoms in total. The van der Waals surface area contributed by atoms with Gasteiger partial charge in [0.2, 0.25) is 0 Å². The molecule has 0 fully saturated rings. The summed E-state index contributed by atoms with van der Waals surface area (Å²) < 4.78 is 6.78. The standard InChI is InChI=1S/C15H21BrO/c1-6-7-17-15-13(11(4)5)8-12(10(2)3)9-14(15)16/h6,8-11H,1,7H2,2-5H3. The summed E-state index contributed by atoms with van der Waals surface area (Å²) in [6.07, 6.45) is 1.77. The van der Waals surface area contributed by atoms with E-state index in [1.54, 1.807) is 6.08 Å². The predicted octanol–water partition coefficient (Wildman–Crippen LogP) is 5.26. The van der Waals surface area contributed by atoms with Gasteiger partial charge in [-0.05, 0) is 45.0 Å². The molecule has 0 aliphatic heterocycles. The molecule has 17 heavy (non-hydrogen) atoms. The molecule has 0 heterocycles. The summed E-state index contributed by atoms with van der Waals surface area (Å²) in [5.74, 6) is 1.92. The molecular weight excluding hydrogens is 276 g/mol. The summed E-state index contributed by atoms with van der Waals surface area (Å²) >= 11 is 3.61. The van der Waals surface area contributed by atoms with Gasteiger partial charge in [0.25, 0.3) is 0 Å². The molecule has 0 radical (unpaired) electrons. The van der Waals surface area contributed by atoms with Crippen molar-refractivity contribution in [3.8, 4) is 5.75 Å². The van der Waals surface area contributed by atoms with Crippen LogP contribution in [0.3, 0.4) is 0 Å². The average molecular weight is 297 g/mol. The zero-order valence-corrected chi connectivity index (χ0v) is 12.7. The SMILES string of the molecule is C=CCOc1c(Br)cc(C(C)C)cc1C(C)C. The normalized spacial score (nSPS) is 11.0. The van der Waals surface area contributed by atoms with E-state index in [2.05, 4.69) is 62.3 Å². The van der Waals surface area contributed by atoms with Crippen molar-refractivity contribution < 1.29 is 4.74 Å². The Labute approximate surface area is 113 Å². The third kappa shape index (κ3) is 3.60. The number of halogens is 1. The van der Waals surface area contributed by atoms with Crippen LogP contribution in [0, 0.1) is 0 Å². The Bertz CT molecular complexity index is 394. The topological polar surface area (TPSA) is 9.23 Å². The van der Waals surface area contributed by atoms with Crippen molar-refractivity contribution in [2.24, 2.45) is 0 Å². The van der Waals surface area contributed by atoms with Gasteiger partial charge in [0.15, 0.2) is 0 Å². The molecule has 0 aromatic heterocycles. The van der Waals surface area contributed by atoms with Gasteiger partial charge in [-0.15, -0.1) is 0 Å². The number of ether oxygens (including phenoxy) is 1. The van der Waals surface area contributed by atoms with Crippen molar-refractivity contribution in [3.05, 3.63) is 40.4 Å². The molecular formula is C15H21BrO. The van der Waals surface area contributed by atoms with Crippen LogP contribution in [0.25, 0.3) is 0 Å². The lowest BCUT2D eigenvalue weighted by atomic mass is 9.95. The van der Waals surface area contributed by atoms with Gasteiger partial charge < -0.3 is 4.74 Å². The monoisotopic (exact) mass is 296 g/mol. The summed E-state index contributed by atoms with van der Waals surface area (Å²) in [4.78, 5) is 0. The maximum absolute atomic E-state index is 5.75. The Morgan fingerprint density at radius 3 is 2.35 bits per heavy atom. The molecule has 0 atom stereocenters. The van der Waals surface area contributed by atoms with E-state index in [0.717, 1.165) is 10.2 Å². The first-order valence-electron chi connectivity index (χ1n) is 6.04. The van der Waals surface area contributed by atoms with Gasteiger partial charge in [0.05, 0.1) is 4.47 Å². The Kier molecular flexibility index (Phi) is 5.26. The lowest BCUT2D eigenvalue weighted by Gasteiger charge is -2.18. The Balaban J connectivity index is 3.22. The molecule has 0 unspecified atom stereocenters. The molecule has 0 saturated heterocycles. The lowest BCUT2D eigenvalue weighted by molar-refractivity contribution is 0.355. The van der Waals surface area contributed by atoms with Gasteiger partial charge in [0.1, 0.15) is 12.4 Å². The molecule has 2 heteroatoms. The minimum absolute atomic E-state index is 0.449. The highest BCUT2D eigenvalue weighted by molar-refractivity contribution is 9.10. The van der Waals surface area contributed by atoms with E-state index in [1.807, 2.05) is 0 Å². The second kappa shape index (κ2) is 6.25. The van der Waals surface area contributed by atoms with E-state index in [-0.39, 0.29) is 0 Å². The second-order valence-corrected chi connectivity index (χ2v) is 5.68. The molecule has 0 spiro atoms. The van der Waals surface area contributed by atoms with E-state index in [1.165, 1.54) is 11.1 Å². The zero-order valence-electron chi connectivity index (χ0n) is 11.1. The van der Waals surface area contributed by atoms with Crippen LogP contribution in [-0.2, 0) is 0 Å². The molecule has 0 bridgehead atoms. The van der Waals surface area contributed by atoms with E-state index in [0.29, 0.717) is 18.4 Å². The first-order valence-corrected chi connectivity index (χ1v) is 6.83. The first-order chi connectivity index (χ1) is 7.97. The summed E-state index contributed by atoms with van der Waals surface area (Å²) in [6.45, 7) is 13.0. The predicted molar refractivity (Wildman–Crippen MR) is 78.0 cm³/mol. The van der Waals surface area contributed by atoms with Crippen LogP contribution in [0.4, 0.5) is 0 Å². The fourth-order valence-electron chi connectivity index (χ4n) is 1.69. The molecule has 0 amide bonds. The maximum Gasteiger partial charge on any atom is 0.137 e. The third-order valence-electron chi connectivity index (χ3n) is 2.73. The van der Waals surface area contributed by atoms with Crippen molar-refractivity contribution >= 4 is 15.9 Å². The minimum atomic E-state index is 0.449. The smallest absolute Gasteiger partial charge is 0.137 e. The van der Waals surface area contributed by atoms with Crippen molar-refractivity contribution in [1.29, 1.82) is 0 Å². The lowest BCUT2D eigenvalue weighted by Crippen LogP contribution is -2.02. The fourth-order valence-corrected chi connectivity index (χ4v) is 2.30. The number of rotatable bonds is 5. The molecule has 1 rings (SSSR count). The summed E-state index contributed by atoms with van der Waals surface area (Å²) in [5.41, 5.74) is 2.59. The summed E-state index contributed by atoms with van der Waals surface area (Å²) in [5, 5.41) is 0.